The third-order valence-corrected chi connectivity index (χ3v) is 1.90. The Morgan fingerprint density at radius 1 is 1.46 bits per heavy atom. The average molecular weight is 180 g/mol. The molecule has 0 saturated carbocycles. The van der Waals surface area contributed by atoms with E-state index in [0.717, 1.165) is 5.52 Å². The van der Waals surface area contributed by atoms with E-state index in [1.165, 1.54) is 6.33 Å². The SMILES string of the molecule is Nc1ncnc2ccn(CCF)c12. The molecule has 0 unspecified atom stereocenters. The van der Waals surface area contributed by atoms with E-state index in [2.05, 4.69) is 9.97 Å². The molecule has 0 bridgehead atoms. The summed E-state index contributed by atoms with van der Waals surface area (Å²) >= 11 is 0. The summed E-state index contributed by atoms with van der Waals surface area (Å²) in [6.07, 6.45) is 3.16. The topological polar surface area (TPSA) is 56.7 Å². The van der Waals surface area contributed by atoms with Crippen molar-refractivity contribution >= 4 is 16.9 Å². The number of alkyl halides is 1. The van der Waals surface area contributed by atoms with Crippen LogP contribution < -0.4 is 5.73 Å². The van der Waals surface area contributed by atoms with Crippen molar-refractivity contribution in [1.82, 2.24) is 14.5 Å². The molecule has 0 amide bonds. The van der Waals surface area contributed by atoms with Gasteiger partial charge >= 0.3 is 0 Å². The Balaban J connectivity index is 2.64. The Bertz CT molecular complexity index is 423. The van der Waals surface area contributed by atoms with Crippen LogP contribution in [0.25, 0.3) is 11.0 Å². The quantitative estimate of drug-likeness (QED) is 0.749. The summed E-state index contributed by atoms with van der Waals surface area (Å²) in [5, 5.41) is 0. The molecule has 0 aliphatic rings. The van der Waals surface area contributed by atoms with E-state index < -0.39 is 6.67 Å². The average Bonchev–Trinajstić information content (AvgIpc) is 2.51. The number of nitrogen functional groups attached to an aromatic ring is 1. The monoisotopic (exact) mass is 180 g/mol. The molecule has 0 atom stereocenters. The number of nitrogens with two attached hydrogens (primary N) is 1. The Morgan fingerprint density at radius 3 is 3.08 bits per heavy atom. The summed E-state index contributed by atoms with van der Waals surface area (Å²) < 4.78 is 13.8. The largest absolute Gasteiger partial charge is 0.382 e. The van der Waals surface area contributed by atoms with Gasteiger partial charge in [0.25, 0.3) is 0 Å². The van der Waals surface area contributed by atoms with Crippen LogP contribution in [0.1, 0.15) is 0 Å². The van der Waals surface area contributed by atoms with Gasteiger partial charge in [-0.05, 0) is 6.07 Å². The minimum atomic E-state index is -0.419. The van der Waals surface area contributed by atoms with E-state index in [9.17, 15) is 4.39 Å². The molecule has 0 aliphatic heterocycles. The van der Waals surface area contributed by atoms with Crippen molar-refractivity contribution in [3.8, 4) is 0 Å². The highest BCUT2D eigenvalue weighted by Crippen LogP contribution is 2.17. The lowest BCUT2D eigenvalue weighted by molar-refractivity contribution is 0.451. The maximum Gasteiger partial charge on any atom is 0.151 e. The Hall–Kier alpha value is -1.65. The summed E-state index contributed by atoms with van der Waals surface area (Å²) in [6, 6.07) is 1.79. The van der Waals surface area contributed by atoms with E-state index in [-0.39, 0.29) is 0 Å². The van der Waals surface area contributed by atoms with Gasteiger partial charge in [-0.15, -0.1) is 0 Å². The first kappa shape index (κ1) is 7.97. The molecule has 0 spiro atoms. The number of anilines is 1. The predicted molar refractivity (Wildman–Crippen MR) is 47.9 cm³/mol. The number of rotatable bonds is 2. The Kier molecular flexibility index (Phi) is 1.84. The fourth-order valence-corrected chi connectivity index (χ4v) is 1.34. The van der Waals surface area contributed by atoms with E-state index in [4.69, 9.17) is 5.73 Å². The molecule has 2 aromatic rings. The van der Waals surface area contributed by atoms with Gasteiger partial charge in [0.05, 0.1) is 12.1 Å². The van der Waals surface area contributed by atoms with Crippen molar-refractivity contribution < 1.29 is 4.39 Å². The van der Waals surface area contributed by atoms with E-state index in [1.54, 1.807) is 16.8 Å². The zero-order valence-electron chi connectivity index (χ0n) is 6.94. The van der Waals surface area contributed by atoms with Crippen molar-refractivity contribution in [2.45, 2.75) is 6.54 Å². The van der Waals surface area contributed by atoms with Crippen molar-refractivity contribution in [2.24, 2.45) is 0 Å². The zero-order valence-corrected chi connectivity index (χ0v) is 6.94. The fourth-order valence-electron chi connectivity index (χ4n) is 1.34. The number of aryl methyl sites for hydroxylation is 1. The molecule has 0 radical (unpaired) electrons. The molecule has 4 nitrogen and oxygen atoms in total. The minimum absolute atomic E-state index is 0.293. The molecular formula is C8H9FN4. The smallest absolute Gasteiger partial charge is 0.151 e. The minimum Gasteiger partial charge on any atom is -0.382 e. The maximum absolute atomic E-state index is 12.1. The molecule has 0 fully saturated rings. The van der Waals surface area contributed by atoms with Gasteiger partial charge in [0, 0.05) is 6.20 Å². The second kappa shape index (κ2) is 3.01. The van der Waals surface area contributed by atoms with Crippen LogP contribution in [0.2, 0.25) is 0 Å². The highest BCUT2D eigenvalue weighted by Gasteiger charge is 2.05. The van der Waals surface area contributed by atoms with Gasteiger partial charge in [0.1, 0.15) is 18.5 Å². The molecule has 13 heavy (non-hydrogen) atoms. The van der Waals surface area contributed by atoms with Crippen LogP contribution in [0, 0.1) is 0 Å². The van der Waals surface area contributed by atoms with Gasteiger partial charge in [-0.2, -0.15) is 0 Å². The van der Waals surface area contributed by atoms with Gasteiger partial charge < -0.3 is 10.3 Å². The van der Waals surface area contributed by atoms with Gasteiger partial charge in [-0.1, -0.05) is 0 Å². The number of nitrogens with zero attached hydrogens (tertiary/aromatic N) is 3. The first-order chi connectivity index (χ1) is 6.33. The molecule has 0 saturated heterocycles. The second-order valence-corrected chi connectivity index (χ2v) is 2.69. The standard InChI is InChI=1S/C8H9FN4/c9-2-4-13-3-1-6-7(13)8(10)12-5-11-6/h1,3,5H,2,4H2,(H2,10,11,12). The normalized spacial score (nSPS) is 10.8. The van der Waals surface area contributed by atoms with Crippen LogP contribution in [-0.2, 0) is 6.54 Å². The highest BCUT2D eigenvalue weighted by molar-refractivity contribution is 5.84. The molecule has 2 aromatic heterocycles. The van der Waals surface area contributed by atoms with Crippen LogP contribution in [-0.4, -0.2) is 21.2 Å². The third-order valence-electron chi connectivity index (χ3n) is 1.90. The van der Waals surface area contributed by atoms with Crippen LogP contribution in [0.15, 0.2) is 18.6 Å². The maximum atomic E-state index is 12.1. The third kappa shape index (κ3) is 1.22. The first-order valence-corrected chi connectivity index (χ1v) is 3.94. The summed E-state index contributed by atoms with van der Waals surface area (Å²) in [7, 11) is 0. The Morgan fingerprint density at radius 2 is 2.31 bits per heavy atom. The molecule has 2 rings (SSSR count). The number of hydrogen-bond donors (Lipinski definition) is 1. The second-order valence-electron chi connectivity index (χ2n) is 2.69. The lowest BCUT2D eigenvalue weighted by Gasteiger charge is -2.02. The van der Waals surface area contributed by atoms with E-state index in [1.807, 2.05) is 0 Å². The number of fused-ring (bicyclic) bond motifs is 1. The molecule has 2 heterocycles. The number of halogens is 1. The first-order valence-electron chi connectivity index (χ1n) is 3.94. The van der Waals surface area contributed by atoms with Crippen molar-refractivity contribution in [1.29, 1.82) is 0 Å². The Labute approximate surface area is 74.2 Å². The molecule has 2 N–H and O–H groups in total. The summed E-state index contributed by atoms with van der Waals surface area (Å²) in [5.41, 5.74) is 7.10. The van der Waals surface area contributed by atoms with Gasteiger partial charge in [-0.3, -0.25) is 0 Å². The number of hydrogen-bond acceptors (Lipinski definition) is 3. The van der Waals surface area contributed by atoms with E-state index in [0.29, 0.717) is 17.9 Å². The number of aromatic nitrogens is 3. The summed E-state index contributed by atoms with van der Waals surface area (Å²) in [6.45, 7) is -0.126. The van der Waals surface area contributed by atoms with Gasteiger partial charge in [0.15, 0.2) is 5.82 Å². The van der Waals surface area contributed by atoms with Crippen LogP contribution in [0.3, 0.4) is 0 Å². The summed E-state index contributed by atoms with van der Waals surface area (Å²) in [4.78, 5) is 7.86. The molecular weight excluding hydrogens is 171 g/mol. The van der Waals surface area contributed by atoms with Crippen LogP contribution >= 0.6 is 0 Å². The molecule has 68 valence electrons. The van der Waals surface area contributed by atoms with Crippen molar-refractivity contribution in [2.75, 3.05) is 12.4 Å². The molecule has 0 aliphatic carbocycles. The van der Waals surface area contributed by atoms with Crippen LogP contribution in [0.4, 0.5) is 10.2 Å². The highest BCUT2D eigenvalue weighted by atomic mass is 19.1. The predicted octanol–water partition coefficient (Wildman–Crippen LogP) is 0.983. The van der Waals surface area contributed by atoms with Crippen LogP contribution in [0.5, 0.6) is 0 Å². The van der Waals surface area contributed by atoms with Gasteiger partial charge in [-0.25, -0.2) is 14.4 Å². The van der Waals surface area contributed by atoms with Gasteiger partial charge in [0.2, 0.25) is 0 Å². The molecule has 5 heteroatoms. The lowest BCUT2D eigenvalue weighted by atomic mass is 10.4. The summed E-state index contributed by atoms with van der Waals surface area (Å²) in [5.74, 6) is 0.392. The van der Waals surface area contributed by atoms with Crippen molar-refractivity contribution in [3.63, 3.8) is 0 Å². The van der Waals surface area contributed by atoms with E-state index >= 15 is 0 Å². The molecule has 0 aromatic carbocycles. The lowest BCUT2D eigenvalue weighted by Crippen LogP contribution is -2.01. The van der Waals surface area contributed by atoms with Crippen molar-refractivity contribution in [3.05, 3.63) is 18.6 Å². The zero-order chi connectivity index (χ0) is 9.26. The fraction of sp³-hybridized carbons (Fsp3) is 0.250.